The maximum Gasteiger partial charge on any atom is 0.0597 e. The Labute approximate surface area is 130 Å². The third kappa shape index (κ3) is 6.60. The molecule has 0 bridgehead atoms. The molecule has 3 nitrogen and oxygen atoms in total. The van der Waals surface area contributed by atoms with Crippen LogP contribution in [0.3, 0.4) is 0 Å². The van der Waals surface area contributed by atoms with E-state index in [1.807, 2.05) is 0 Å². The summed E-state index contributed by atoms with van der Waals surface area (Å²) >= 11 is 0. The number of nitrogens with two attached hydrogens (primary N) is 1. The predicted molar refractivity (Wildman–Crippen MR) is 90.5 cm³/mol. The third-order valence-electron chi connectivity index (χ3n) is 3.66. The van der Waals surface area contributed by atoms with Crippen molar-refractivity contribution in [3.8, 4) is 0 Å². The molecule has 21 heavy (non-hydrogen) atoms. The van der Waals surface area contributed by atoms with Gasteiger partial charge in [-0.25, -0.2) is 0 Å². The fourth-order valence-corrected chi connectivity index (χ4v) is 2.51. The second kappa shape index (κ2) is 9.19. The Morgan fingerprint density at radius 1 is 1.10 bits per heavy atom. The predicted octanol–water partition coefficient (Wildman–Crippen LogP) is 3.24. The molecule has 0 aliphatic rings. The van der Waals surface area contributed by atoms with E-state index in [2.05, 4.69) is 63.9 Å². The smallest absolute Gasteiger partial charge is 0.0597 e. The van der Waals surface area contributed by atoms with E-state index in [-0.39, 0.29) is 12.1 Å². The Balaban J connectivity index is 2.62. The van der Waals surface area contributed by atoms with Crippen molar-refractivity contribution in [3.05, 3.63) is 35.4 Å². The highest BCUT2D eigenvalue weighted by Gasteiger charge is 2.15. The SMILES string of the molecule is CC(C)Cc1ccc(C(CN)N(C)CCOC(C)C)cc1. The maximum absolute atomic E-state index is 5.97. The van der Waals surface area contributed by atoms with E-state index in [4.69, 9.17) is 10.5 Å². The van der Waals surface area contributed by atoms with Gasteiger partial charge >= 0.3 is 0 Å². The first-order valence-electron chi connectivity index (χ1n) is 8.04. The second-order valence-electron chi connectivity index (χ2n) is 6.49. The van der Waals surface area contributed by atoms with Crippen LogP contribution in [0, 0.1) is 5.92 Å². The van der Waals surface area contributed by atoms with Gasteiger partial charge in [0.2, 0.25) is 0 Å². The molecule has 0 spiro atoms. The highest BCUT2D eigenvalue weighted by Crippen LogP contribution is 2.19. The fraction of sp³-hybridized carbons (Fsp3) is 0.667. The van der Waals surface area contributed by atoms with Crippen molar-refractivity contribution in [3.63, 3.8) is 0 Å². The summed E-state index contributed by atoms with van der Waals surface area (Å²) in [5, 5.41) is 0. The van der Waals surface area contributed by atoms with Gasteiger partial charge in [-0.1, -0.05) is 38.1 Å². The number of ether oxygens (including phenoxy) is 1. The van der Waals surface area contributed by atoms with E-state index in [1.54, 1.807) is 0 Å². The summed E-state index contributed by atoms with van der Waals surface area (Å²) in [6.45, 7) is 10.9. The van der Waals surface area contributed by atoms with E-state index in [9.17, 15) is 0 Å². The first-order chi connectivity index (χ1) is 9.93. The van der Waals surface area contributed by atoms with Crippen LogP contribution in [0.15, 0.2) is 24.3 Å². The zero-order valence-electron chi connectivity index (χ0n) is 14.3. The summed E-state index contributed by atoms with van der Waals surface area (Å²) in [6.07, 6.45) is 1.41. The Morgan fingerprint density at radius 3 is 2.19 bits per heavy atom. The van der Waals surface area contributed by atoms with Crippen LogP contribution in [0.1, 0.15) is 44.9 Å². The Morgan fingerprint density at radius 2 is 1.71 bits per heavy atom. The zero-order chi connectivity index (χ0) is 15.8. The highest BCUT2D eigenvalue weighted by molar-refractivity contribution is 5.25. The van der Waals surface area contributed by atoms with Gasteiger partial charge < -0.3 is 10.5 Å². The van der Waals surface area contributed by atoms with Gasteiger partial charge in [0.15, 0.2) is 0 Å². The average Bonchev–Trinajstić information content (AvgIpc) is 2.40. The number of likely N-dealkylation sites (N-methyl/N-ethyl adjacent to an activating group) is 1. The van der Waals surface area contributed by atoms with E-state index in [0.29, 0.717) is 12.5 Å². The highest BCUT2D eigenvalue weighted by atomic mass is 16.5. The van der Waals surface area contributed by atoms with Gasteiger partial charge in [0.25, 0.3) is 0 Å². The van der Waals surface area contributed by atoms with Crippen LogP contribution in [-0.2, 0) is 11.2 Å². The summed E-state index contributed by atoms with van der Waals surface area (Å²) < 4.78 is 5.62. The molecular formula is C18H32N2O. The van der Waals surface area contributed by atoms with Gasteiger partial charge in [-0.2, -0.15) is 0 Å². The number of hydrogen-bond donors (Lipinski definition) is 1. The van der Waals surface area contributed by atoms with Crippen LogP contribution < -0.4 is 5.73 Å². The molecule has 0 amide bonds. The molecule has 0 heterocycles. The molecule has 1 rings (SSSR count). The quantitative estimate of drug-likeness (QED) is 0.759. The van der Waals surface area contributed by atoms with Gasteiger partial charge in [0, 0.05) is 19.1 Å². The molecule has 0 saturated carbocycles. The molecule has 1 unspecified atom stereocenters. The van der Waals surface area contributed by atoms with Crippen LogP contribution in [-0.4, -0.2) is 37.7 Å². The molecule has 120 valence electrons. The minimum atomic E-state index is 0.258. The molecule has 0 aliphatic heterocycles. The molecule has 1 aromatic carbocycles. The van der Waals surface area contributed by atoms with Gasteiger partial charge in [-0.05, 0) is 44.4 Å². The minimum Gasteiger partial charge on any atom is -0.377 e. The van der Waals surface area contributed by atoms with Crippen molar-refractivity contribution in [2.75, 3.05) is 26.7 Å². The number of hydrogen-bond acceptors (Lipinski definition) is 3. The van der Waals surface area contributed by atoms with E-state index < -0.39 is 0 Å². The van der Waals surface area contributed by atoms with Crippen molar-refractivity contribution >= 4 is 0 Å². The van der Waals surface area contributed by atoms with Crippen molar-refractivity contribution in [2.45, 2.75) is 46.3 Å². The van der Waals surface area contributed by atoms with Crippen LogP contribution in [0.4, 0.5) is 0 Å². The Bertz CT molecular complexity index is 387. The second-order valence-corrected chi connectivity index (χ2v) is 6.49. The van der Waals surface area contributed by atoms with Crippen LogP contribution in [0.5, 0.6) is 0 Å². The molecule has 2 N–H and O–H groups in total. The number of rotatable bonds is 9. The average molecular weight is 292 g/mol. The van der Waals surface area contributed by atoms with Crippen LogP contribution in [0.25, 0.3) is 0 Å². The van der Waals surface area contributed by atoms with Crippen molar-refractivity contribution in [1.82, 2.24) is 4.90 Å². The summed E-state index contributed by atoms with van der Waals surface area (Å²) in [6, 6.07) is 9.16. The molecule has 0 aromatic heterocycles. The molecule has 0 radical (unpaired) electrons. The topological polar surface area (TPSA) is 38.5 Å². The molecule has 3 heteroatoms. The van der Waals surface area contributed by atoms with Crippen LogP contribution >= 0.6 is 0 Å². The summed E-state index contributed by atoms with van der Waals surface area (Å²) in [4.78, 5) is 2.28. The zero-order valence-corrected chi connectivity index (χ0v) is 14.3. The van der Waals surface area contributed by atoms with Crippen molar-refractivity contribution in [2.24, 2.45) is 11.7 Å². The molecule has 0 saturated heterocycles. The summed E-state index contributed by atoms with van der Waals surface area (Å²) in [5.41, 5.74) is 8.66. The van der Waals surface area contributed by atoms with Gasteiger partial charge in [0.1, 0.15) is 0 Å². The van der Waals surface area contributed by atoms with Crippen molar-refractivity contribution in [1.29, 1.82) is 0 Å². The Kier molecular flexibility index (Phi) is 7.94. The fourth-order valence-electron chi connectivity index (χ4n) is 2.51. The first kappa shape index (κ1) is 18.1. The molecular weight excluding hydrogens is 260 g/mol. The minimum absolute atomic E-state index is 0.258. The lowest BCUT2D eigenvalue weighted by Crippen LogP contribution is -2.33. The van der Waals surface area contributed by atoms with Gasteiger partial charge in [-0.3, -0.25) is 4.90 Å². The van der Waals surface area contributed by atoms with Crippen molar-refractivity contribution < 1.29 is 4.74 Å². The molecule has 1 atom stereocenters. The summed E-state index contributed by atoms with van der Waals surface area (Å²) in [5.74, 6) is 0.692. The maximum atomic E-state index is 5.97. The lowest BCUT2D eigenvalue weighted by Gasteiger charge is -2.27. The number of nitrogens with zero attached hydrogens (tertiary/aromatic N) is 1. The molecule has 0 aliphatic carbocycles. The van der Waals surface area contributed by atoms with E-state index in [0.717, 1.165) is 19.6 Å². The lowest BCUT2D eigenvalue weighted by molar-refractivity contribution is 0.0564. The monoisotopic (exact) mass is 292 g/mol. The third-order valence-corrected chi connectivity index (χ3v) is 3.66. The lowest BCUT2D eigenvalue weighted by atomic mass is 9.99. The normalized spacial score (nSPS) is 13.4. The van der Waals surface area contributed by atoms with E-state index >= 15 is 0 Å². The Hall–Kier alpha value is -0.900. The van der Waals surface area contributed by atoms with Gasteiger partial charge in [0.05, 0.1) is 12.7 Å². The van der Waals surface area contributed by atoms with Crippen LogP contribution in [0.2, 0.25) is 0 Å². The number of benzene rings is 1. The van der Waals surface area contributed by atoms with Gasteiger partial charge in [-0.15, -0.1) is 0 Å². The molecule has 0 fully saturated rings. The van der Waals surface area contributed by atoms with E-state index in [1.165, 1.54) is 11.1 Å². The standard InChI is InChI=1S/C18H32N2O/c1-14(2)12-16-6-8-17(9-7-16)18(13-19)20(5)10-11-21-15(3)4/h6-9,14-15,18H,10-13,19H2,1-5H3. The first-order valence-corrected chi connectivity index (χ1v) is 8.04. The summed E-state index contributed by atoms with van der Waals surface area (Å²) in [7, 11) is 2.11. The molecule has 1 aromatic rings. The largest absolute Gasteiger partial charge is 0.377 e.